The topological polar surface area (TPSA) is 62.3 Å². The largest absolute Gasteiger partial charge is 0.352 e. The van der Waals surface area contributed by atoms with E-state index in [0.29, 0.717) is 13.1 Å². The number of nitrogens with zero attached hydrogens (tertiary/aromatic N) is 2. The fourth-order valence-electron chi connectivity index (χ4n) is 1.91. The third kappa shape index (κ3) is 2.31. The number of thiazole rings is 1. The highest BCUT2D eigenvalue weighted by Gasteiger charge is 2.40. The predicted molar refractivity (Wildman–Crippen MR) is 64.6 cm³/mol. The summed E-state index contributed by atoms with van der Waals surface area (Å²) in [6.45, 7) is 4.60. The molecule has 1 fully saturated rings. The van der Waals surface area contributed by atoms with Crippen molar-refractivity contribution in [1.29, 1.82) is 0 Å². The van der Waals surface area contributed by atoms with Crippen molar-refractivity contribution in [2.75, 3.05) is 13.1 Å². The lowest BCUT2D eigenvalue weighted by Gasteiger charge is -2.41. The Morgan fingerprint density at radius 1 is 1.65 bits per heavy atom. The monoisotopic (exact) mass is 253 g/mol. The molecule has 0 unspecified atom stereocenters. The molecule has 1 aromatic rings. The maximum Gasteiger partial charge on any atom is 0.245 e. The number of amides is 2. The van der Waals surface area contributed by atoms with Crippen LogP contribution in [-0.4, -0.2) is 40.3 Å². The second kappa shape index (κ2) is 4.44. The van der Waals surface area contributed by atoms with Crippen LogP contribution in [0.2, 0.25) is 0 Å². The fraction of sp³-hybridized carbons (Fsp3) is 0.545. The third-order valence-electron chi connectivity index (χ3n) is 2.97. The van der Waals surface area contributed by atoms with Crippen molar-refractivity contribution in [2.24, 2.45) is 0 Å². The minimum Gasteiger partial charge on any atom is -0.352 e. The molecule has 17 heavy (non-hydrogen) atoms. The van der Waals surface area contributed by atoms with Crippen LogP contribution in [0.5, 0.6) is 0 Å². The number of hydrogen-bond acceptors (Lipinski definition) is 4. The molecule has 0 spiro atoms. The molecule has 2 amide bonds. The molecule has 6 heteroatoms. The Hall–Kier alpha value is -1.43. The van der Waals surface area contributed by atoms with Gasteiger partial charge < -0.3 is 10.2 Å². The van der Waals surface area contributed by atoms with Crippen molar-refractivity contribution in [2.45, 2.75) is 25.8 Å². The number of hydrogen-bond donors (Lipinski definition) is 1. The number of aromatic nitrogens is 1. The maximum absolute atomic E-state index is 12.1. The molecule has 2 heterocycles. The Morgan fingerprint density at radius 3 is 3.06 bits per heavy atom. The summed E-state index contributed by atoms with van der Waals surface area (Å²) in [5.74, 6) is -0.147. The first kappa shape index (κ1) is 12.0. The molecule has 0 aliphatic carbocycles. The first-order valence-electron chi connectivity index (χ1n) is 5.47. The summed E-state index contributed by atoms with van der Waals surface area (Å²) in [5.41, 5.74) is 1.70. The van der Waals surface area contributed by atoms with Gasteiger partial charge in [-0.05, 0) is 13.8 Å². The van der Waals surface area contributed by atoms with Gasteiger partial charge in [0.2, 0.25) is 11.8 Å². The molecule has 0 atom stereocenters. The van der Waals surface area contributed by atoms with Gasteiger partial charge in [0, 0.05) is 18.5 Å². The maximum atomic E-state index is 12.1. The van der Waals surface area contributed by atoms with E-state index in [9.17, 15) is 9.59 Å². The molecule has 1 aromatic heterocycles. The van der Waals surface area contributed by atoms with Crippen molar-refractivity contribution >= 4 is 23.2 Å². The van der Waals surface area contributed by atoms with Gasteiger partial charge in [0.25, 0.3) is 0 Å². The second-order valence-electron chi connectivity index (χ2n) is 4.52. The summed E-state index contributed by atoms with van der Waals surface area (Å²) in [5, 5.41) is 4.63. The van der Waals surface area contributed by atoms with E-state index in [1.165, 1.54) is 11.3 Å². The van der Waals surface area contributed by atoms with Crippen molar-refractivity contribution in [3.8, 4) is 0 Å². The van der Waals surface area contributed by atoms with E-state index >= 15 is 0 Å². The Bertz CT molecular complexity index is 428. The quantitative estimate of drug-likeness (QED) is 0.831. The van der Waals surface area contributed by atoms with E-state index in [4.69, 9.17) is 0 Å². The van der Waals surface area contributed by atoms with Gasteiger partial charge in [-0.3, -0.25) is 9.59 Å². The van der Waals surface area contributed by atoms with Gasteiger partial charge in [-0.15, -0.1) is 11.3 Å². The highest BCUT2D eigenvalue weighted by Crippen LogP contribution is 2.19. The second-order valence-corrected chi connectivity index (χ2v) is 5.24. The van der Waals surface area contributed by atoms with Crippen molar-refractivity contribution in [1.82, 2.24) is 15.2 Å². The standard InChI is InChI=1S/C11H15N3O2S/c1-11(2)10(16)12-3-4-14(11)9(15)5-8-6-17-7-13-8/h6-7H,3-5H2,1-2H3,(H,12,16). The van der Waals surface area contributed by atoms with Crippen molar-refractivity contribution in [3.05, 3.63) is 16.6 Å². The van der Waals surface area contributed by atoms with Gasteiger partial charge in [0.15, 0.2) is 0 Å². The zero-order chi connectivity index (χ0) is 12.5. The summed E-state index contributed by atoms with van der Waals surface area (Å²) in [6, 6.07) is 0. The van der Waals surface area contributed by atoms with E-state index in [0.717, 1.165) is 5.69 Å². The molecule has 0 saturated carbocycles. The predicted octanol–water partition coefficient (Wildman–Crippen LogP) is 0.423. The van der Waals surface area contributed by atoms with Gasteiger partial charge in [-0.25, -0.2) is 4.98 Å². The average molecular weight is 253 g/mol. The van der Waals surface area contributed by atoms with Gasteiger partial charge >= 0.3 is 0 Å². The smallest absolute Gasteiger partial charge is 0.245 e. The molecule has 1 saturated heterocycles. The lowest BCUT2D eigenvalue weighted by atomic mass is 9.98. The number of carbonyl (C=O) groups is 2. The highest BCUT2D eigenvalue weighted by atomic mass is 32.1. The molecule has 0 bridgehead atoms. The van der Waals surface area contributed by atoms with E-state index < -0.39 is 5.54 Å². The van der Waals surface area contributed by atoms with E-state index in [1.54, 1.807) is 24.3 Å². The molecule has 5 nitrogen and oxygen atoms in total. The van der Waals surface area contributed by atoms with Crippen LogP contribution in [0.15, 0.2) is 10.9 Å². The molecule has 0 aromatic carbocycles. The molecular weight excluding hydrogens is 238 g/mol. The number of piperazine rings is 1. The Kier molecular flexibility index (Phi) is 3.15. The molecule has 2 rings (SSSR count). The Morgan fingerprint density at radius 2 is 2.41 bits per heavy atom. The number of nitrogens with one attached hydrogen (secondary N) is 1. The molecule has 1 N–H and O–H groups in total. The van der Waals surface area contributed by atoms with Crippen LogP contribution in [0.3, 0.4) is 0 Å². The average Bonchev–Trinajstić information content (AvgIpc) is 2.74. The molecular formula is C11H15N3O2S. The Balaban J connectivity index is 2.10. The number of rotatable bonds is 2. The minimum atomic E-state index is -0.772. The summed E-state index contributed by atoms with van der Waals surface area (Å²) in [7, 11) is 0. The van der Waals surface area contributed by atoms with Crippen LogP contribution in [0, 0.1) is 0 Å². The number of carbonyl (C=O) groups excluding carboxylic acids is 2. The normalized spacial score (nSPS) is 18.9. The molecule has 1 aliphatic heterocycles. The van der Waals surface area contributed by atoms with Crippen molar-refractivity contribution in [3.63, 3.8) is 0 Å². The molecule has 92 valence electrons. The zero-order valence-electron chi connectivity index (χ0n) is 9.90. The summed E-state index contributed by atoms with van der Waals surface area (Å²) in [4.78, 5) is 29.6. The van der Waals surface area contributed by atoms with Crippen LogP contribution >= 0.6 is 11.3 Å². The molecule has 0 radical (unpaired) electrons. The lowest BCUT2D eigenvalue weighted by Crippen LogP contribution is -2.63. The van der Waals surface area contributed by atoms with Gasteiger partial charge in [0.05, 0.1) is 17.6 Å². The summed E-state index contributed by atoms with van der Waals surface area (Å²) in [6.07, 6.45) is 0.264. The van der Waals surface area contributed by atoms with Crippen LogP contribution in [-0.2, 0) is 16.0 Å². The van der Waals surface area contributed by atoms with Gasteiger partial charge in [-0.2, -0.15) is 0 Å². The van der Waals surface area contributed by atoms with Crippen molar-refractivity contribution < 1.29 is 9.59 Å². The highest BCUT2D eigenvalue weighted by molar-refractivity contribution is 7.07. The van der Waals surface area contributed by atoms with E-state index in [1.807, 2.05) is 5.38 Å². The van der Waals surface area contributed by atoms with Gasteiger partial charge in [0.1, 0.15) is 5.54 Å². The molecule has 1 aliphatic rings. The zero-order valence-corrected chi connectivity index (χ0v) is 10.7. The van der Waals surface area contributed by atoms with Crippen LogP contribution in [0.4, 0.5) is 0 Å². The van der Waals surface area contributed by atoms with Crippen LogP contribution < -0.4 is 5.32 Å². The lowest BCUT2D eigenvalue weighted by molar-refractivity contribution is -0.148. The van der Waals surface area contributed by atoms with E-state index in [-0.39, 0.29) is 18.2 Å². The third-order valence-corrected chi connectivity index (χ3v) is 3.60. The van der Waals surface area contributed by atoms with Gasteiger partial charge in [-0.1, -0.05) is 0 Å². The van der Waals surface area contributed by atoms with E-state index in [2.05, 4.69) is 10.3 Å². The first-order chi connectivity index (χ1) is 8.01. The van der Waals surface area contributed by atoms with Crippen LogP contribution in [0.25, 0.3) is 0 Å². The first-order valence-corrected chi connectivity index (χ1v) is 6.42. The summed E-state index contributed by atoms with van der Waals surface area (Å²) < 4.78 is 0. The minimum absolute atomic E-state index is 0.0456. The van der Waals surface area contributed by atoms with Crippen LogP contribution in [0.1, 0.15) is 19.5 Å². The Labute approximate surface area is 104 Å². The SMILES string of the molecule is CC1(C)C(=O)NCCN1C(=O)Cc1cscn1. The summed E-state index contributed by atoms with van der Waals surface area (Å²) >= 11 is 1.47. The fourth-order valence-corrected chi connectivity index (χ4v) is 2.47.